The van der Waals surface area contributed by atoms with Crippen molar-refractivity contribution in [3.8, 4) is 5.69 Å². The second kappa shape index (κ2) is 11.6. The number of halogens is 1. The predicted octanol–water partition coefficient (Wildman–Crippen LogP) is 5.74. The summed E-state index contributed by atoms with van der Waals surface area (Å²) in [6, 6.07) is 14.3. The number of aromatic nitrogens is 2. The van der Waals surface area contributed by atoms with Crippen LogP contribution in [0.15, 0.2) is 89.6 Å². The van der Waals surface area contributed by atoms with Crippen LogP contribution in [0.2, 0.25) is 0 Å². The van der Waals surface area contributed by atoms with Gasteiger partial charge in [0.25, 0.3) is 0 Å². The molecule has 1 amide bonds. The first kappa shape index (κ1) is 27.6. The van der Waals surface area contributed by atoms with E-state index in [1.165, 1.54) is 6.07 Å². The molecule has 0 atom stereocenters. The van der Waals surface area contributed by atoms with Crippen LogP contribution in [-0.4, -0.2) is 44.9 Å². The van der Waals surface area contributed by atoms with Crippen LogP contribution < -0.4 is 11.1 Å². The molecule has 0 unspecified atom stereocenters. The fourth-order valence-corrected chi connectivity index (χ4v) is 4.31. The SMILES string of the molecule is C=C(/N=C1/CCN(C(=O)OC(C)(C)C)C/C1=C(/N)Cc1ccccc1F)Nc1ccc(-n2ccnc2C)cc1. The molecule has 1 aliphatic rings. The third-order valence-electron chi connectivity index (χ3n) is 6.22. The minimum atomic E-state index is -0.627. The summed E-state index contributed by atoms with van der Waals surface area (Å²) >= 11 is 0. The molecule has 1 fully saturated rings. The van der Waals surface area contributed by atoms with Crippen molar-refractivity contribution in [1.82, 2.24) is 14.5 Å². The van der Waals surface area contributed by atoms with Gasteiger partial charge in [-0.15, -0.1) is 0 Å². The number of amides is 1. The molecular weight excluding hydrogens is 495 g/mol. The standard InChI is InChI=1S/C30H35FN6O2/c1-20(34-23-10-12-24(13-11-23)37-17-15-33-21(37)2)35-28-14-16-36(29(38)39-30(3,4)5)19-25(28)27(32)18-22-8-6-7-9-26(22)31/h6-13,15,17,34H,1,14,16,18-19,32H2,2-5H3/b27-25-,35-28-. The van der Waals surface area contributed by atoms with Gasteiger partial charge in [0.2, 0.25) is 0 Å². The number of piperidine rings is 1. The molecule has 1 aliphatic heterocycles. The molecule has 8 nitrogen and oxygen atoms in total. The smallest absolute Gasteiger partial charge is 0.410 e. The van der Waals surface area contributed by atoms with Crippen LogP contribution in [0.5, 0.6) is 0 Å². The summed E-state index contributed by atoms with van der Waals surface area (Å²) in [5, 5.41) is 3.22. The maximum absolute atomic E-state index is 14.4. The maximum atomic E-state index is 14.4. The molecule has 0 saturated carbocycles. The largest absolute Gasteiger partial charge is 0.444 e. The molecule has 2 aromatic carbocycles. The minimum absolute atomic E-state index is 0.193. The molecule has 3 aromatic rings. The highest BCUT2D eigenvalue weighted by Gasteiger charge is 2.29. The normalized spacial score (nSPS) is 16.2. The molecule has 204 valence electrons. The molecule has 0 bridgehead atoms. The molecule has 9 heteroatoms. The van der Waals surface area contributed by atoms with Gasteiger partial charge in [0.1, 0.15) is 23.1 Å². The summed E-state index contributed by atoms with van der Waals surface area (Å²) in [5.74, 6) is 0.995. The van der Waals surface area contributed by atoms with E-state index in [4.69, 9.17) is 15.5 Å². The Labute approximate surface area is 228 Å². The van der Waals surface area contributed by atoms with Gasteiger partial charge in [-0.2, -0.15) is 0 Å². The van der Waals surface area contributed by atoms with Crippen molar-refractivity contribution < 1.29 is 13.9 Å². The minimum Gasteiger partial charge on any atom is -0.444 e. The number of aryl methyl sites for hydroxylation is 1. The number of imidazole rings is 1. The van der Waals surface area contributed by atoms with Crippen molar-refractivity contribution in [3.63, 3.8) is 0 Å². The number of allylic oxidation sites excluding steroid dienone is 1. The second-order valence-electron chi connectivity index (χ2n) is 10.4. The fraction of sp³-hybridized carbons (Fsp3) is 0.300. The third kappa shape index (κ3) is 7.13. The highest BCUT2D eigenvalue weighted by Crippen LogP contribution is 2.23. The lowest BCUT2D eigenvalue weighted by Crippen LogP contribution is -2.44. The molecule has 3 N–H and O–H groups in total. The van der Waals surface area contributed by atoms with Gasteiger partial charge in [0.05, 0.1) is 12.3 Å². The van der Waals surface area contributed by atoms with E-state index in [0.717, 1.165) is 17.2 Å². The molecule has 39 heavy (non-hydrogen) atoms. The Hall–Kier alpha value is -4.40. The van der Waals surface area contributed by atoms with Gasteiger partial charge in [-0.25, -0.2) is 19.2 Å². The van der Waals surface area contributed by atoms with Crippen molar-refractivity contribution in [2.45, 2.75) is 46.1 Å². The summed E-state index contributed by atoms with van der Waals surface area (Å²) in [7, 11) is 0. The monoisotopic (exact) mass is 530 g/mol. The number of benzene rings is 2. The van der Waals surface area contributed by atoms with Crippen LogP contribution in [-0.2, 0) is 11.2 Å². The molecule has 0 spiro atoms. The highest BCUT2D eigenvalue weighted by atomic mass is 19.1. The number of nitrogens with zero attached hydrogens (tertiary/aromatic N) is 4. The summed E-state index contributed by atoms with van der Waals surface area (Å²) in [6.45, 7) is 12.1. The zero-order valence-electron chi connectivity index (χ0n) is 22.9. The van der Waals surface area contributed by atoms with E-state index in [-0.39, 0.29) is 18.8 Å². The number of likely N-dealkylation sites (tertiary alicyclic amines) is 1. The first-order valence-electron chi connectivity index (χ1n) is 12.8. The summed E-state index contributed by atoms with van der Waals surface area (Å²) in [6.07, 6.45) is 3.88. The number of nitrogens with two attached hydrogens (primary N) is 1. The first-order chi connectivity index (χ1) is 18.5. The molecule has 0 aliphatic carbocycles. The Kier molecular flexibility index (Phi) is 8.18. The van der Waals surface area contributed by atoms with Gasteiger partial charge in [-0.3, -0.25) is 0 Å². The van der Waals surface area contributed by atoms with E-state index >= 15 is 0 Å². The number of anilines is 1. The zero-order chi connectivity index (χ0) is 28.2. The van der Waals surface area contributed by atoms with E-state index in [2.05, 4.69) is 16.9 Å². The van der Waals surface area contributed by atoms with Crippen LogP contribution in [0.25, 0.3) is 5.69 Å². The van der Waals surface area contributed by atoms with Gasteiger partial charge >= 0.3 is 6.09 Å². The Morgan fingerprint density at radius 1 is 1.21 bits per heavy atom. The van der Waals surface area contributed by atoms with Crippen LogP contribution in [0.4, 0.5) is 14.9 Å². The van der Waals surface area contributed by atoms with E-state index in [1.807, 2.05) is 62.7 Å². The van der Waals surface area contributed by atoms with Crippen LogP contribution in [0.1, 0.15) is 38.6 Å². The molecule has 4 rings (SSSR count). The maximum Gasteiger partial charge on any atom is 0.410 e. The van der Waals surface area contributed by atoms with Gasteiger partial charge in [0, 0.05) is 54.4 Å². The Balaban J connectivity index is 1.56. The molecule has 0 radical (unpaired) electrons. The van der Waals surface area contributed by atoms with Crippen LogP contribution >= 0.6 is 0 Å². The number of nitrogens with one attached hydrogen (secondary N) is 1. The van der Waals surface area contributed by atoms with Crippen molar-refractivity contribution in [2.75, 3.05) is 18.4 Å². The summed E-state index contributed by atoms with van der Waals surface area (Å²) in [5.41, 5.74) is 10.0. The summed E-state index contributed by atoms with van der Waals surface area (Å²) < 4.78 is 21.9. The van der Waals surface area contributed by atoms with Crippen molar-refractivity contribution in [3.05, 3.63) is 102 Å². The zero-order valence-corrected chi connectivity index (χ0v) is 22.9. The lowest BCUT2D eigenvalue weighted by atomic mass is 9.97. The first-order valence-corrected chi connectivity index (χ1v) is 12.8. The molecular formula is C30H35FN6O2. The van der Waals surface area contributed by atoms with Crippen LogP contribution in [0.3, 0.4) is 0 Å². The quantitative estimate of drug-likeness (QED) is 0.424. The van der Waals surface area contributed by atoms with E-state index in [0.29, 0.717) is 41.3 Å². The lowest BCUT2D eigenvalue weighted by molar-refractivity contribution is 0.0267. The van der Waals surface area contributed by atoms with Gasteiger partial charge in [0.15, 0.2) is 0 Å². The molecule has 1 saturated heterocycles. The second-order valence-corrected chi connectivity index (χ2v) is 10.4. The Morgan fingerprint density at radius 3 is 2.56 bits per heavy atom. The van der Waals surface area contributed by atoms with Crippen molar-refractivity contribution in [1.29, 1.82) is 0 Å². The van der Waals surface area contributed by atoms with Gasteiger partial charge in [-0.05, 0) is 63.6 Å². The number of rotatable bonds is 6. The van der Waals surface area contributed by atoms with Gasteiger partial charge in [-0.1, -0.05) is 24.8 Å². The predicted molar refractivity (Wildman–Crippen MR) is 152 cm³/mol. The number of hydrogen-bond acceptors (Lipinski definition) is 6. The average molecular weight is 531 g/mol. The van der Waals surface area contributed by atoms with E-state index in [1.54, 1.807) is 29.3 Å². The Bertz CT molecular complexity index is 1420. The lowest BCUT2D eigenvalue weighted by Gasteiger charge is -2.32. The van der Waals surface area contributed by atoms with Crippen molar-refractivity contribution in [2.24, 2.45) is 10.7 Å². The third-order valence-corrected chi connectivity index (χ3v) is 6.22. The fourth-order valence-electron chi connectivity index (χ4n) is 4.31. The Morgan fingerprint density at radius 2 is 1.92 bits per heavy atom. The molecule has 1 aromatic heterocycles. The van der Waals surface area contributed by atoms with E-state index in [9.17, 15) is 9.18 Å². The number of ether oxygens (including phenoxy) is 1. The highest BCUT2D eigenvalue weighted by molar-refractivity contribution is 6.03. The number of aliphatic imine (C=N–C) groups is 1. The number of carbonyl (C=O) groups excluding carboxylic acids is 1. The average Bonchev–Trinajstić information content (AvgIpc) is 3.30. The van der Waals surface area contributed by atoms with Crippen molar-refractivity contribution >= 4 is 17.5 Å². The number of hydrogen-bond donors (Lipinski definition) is 2. The molecule has 2 heterocycles. The van der Waals surface area contributed by atoms with Gasteiger partial charge < -0.3 is 25.3 Å². The number of carbonyl (C=O) groups is 1. The topological polar surface area (TPSA) is 97.8 Å². The van der Waals surface area contributed by atoms with E-state index < -0.39 is 11.7 Å². The van der Waals surface area contributed by atoms with Crippen LogP contribution in [0, 0.1) is 12.7 Å². The summed E-state index contributed by atoms with van der Waals surface area (Å²) in [4.78, 5) is 23.4.